The molecule has 1 unspecified atom stereocenters. The Morgan fingerprint density at radius 2 is 1.64 bits per heavy atom. The van der Waals surface area contributed by atoms with Crippen molar-refractivity contribution in [1.29, 1.82) is 0 Å². The molecule has 0 spiro atoms. The second-order valence-electron chi connectivity index (χ2n) is 6.71. The standard InChI is InChI=1S/C18H23N3O.C2H2O4/c1-12-9-13(2)21(19-12)11-16(22)10-20-15(4)14(3)17-7-5-6-8-18(17)20;3-1(4)2(5)6/h5-9,16,22H,10-11H2,1-4H3;(H,3,4)(H,5,6). The number of carboxylic acid groups (broad SMARTS) is 2. The van der Waals surface area contributed by atoms with E-state index in [2.05, 4.69) is 41.7 Å². The highest BCUT2D eigenvalue weighted by Crippen LogP contribution is 2.25. The zero-order valence-electron chi connectivity index (χ0n) is 16.4. The molecule has 0 radical (unpaired) electrons. The van der Waals surface area contributed by atoms with Gasteiger partial charge in [-0.3, -0.25) is 4.68 Å². The number of aliphatic hydroxyl groups is 1. The van der Waals surface area contributed by atoms with Gasteiger partial charge in [-0.25, -0.2) is 9.59 Å². The largest absolute Gasteiger partial charge is 0.473 e. The Kier molecular flexibility index (Phi) is 6.58. The molecule has 3 N–H and O–H groups in total. The van der Waals surface area contributed by atoms with Crippen molar-refractivity contribution < 1.29 is 24.9 Å². The van der Waals surface area contributed by atoms with E-state index in [1.54, 1.807) is 0 Å². The SMILES string of the molecule is Cc1cc(C)n(CC(O)Cn2c(C)c(C)c3ccccc32)n1.O=C(O)C(=O)O. The fourth-order valence-electron chi connectivity index (χ4n) is 3.17. The van der Waals surface area contributed by atoms with Crippen LogP contribution in [-0.2, 0) is 22.7 Å². The molecular formula is C20H25N3O5. The van der Waals surface area contributed by atoms with Gasteiger partial charge in [-0.05, 0) is 45.4 Å². The lowest BCUT2D eigenvalue weighted by molar-refractivity contribution is -0.159. The van der Waals surface area contributed by atoms with E-state index >= 15 is 0 Å². The smallest absolute Gasteiger partial charge is 0.414 e. The summed E-state index contributed by atoms with van der Waals surface area (Å²) in [6, 6.07) is 10.4. The van der Waals surface area contributed by atoms with Crippen molar-refractivity contribution in [2.45, 2.75) is 46.9 Å². The van der Waals surface area contributed by atoms with Crippen LogP contribution in [-0.4, -0.2) is 47.7 Å². The minimum Gasteiger partial charge on any atom is -0.473 e. The summed E-state index contributed by atoms with van der Waals surface area (Å²) in [4.78, 5) is 18.2. The van der Waals surface area contributed by atoms with E-state index in [-0.39, 0.29) is 0 Å². The Balaban J connectivity index is 0.000000409. The van der Waals surface area contributed by atoms with Crippen LogP contribution in [0.1, 0.15) is 22.6 Å². The van der Waals surface area contributed by atoms with Gasteiger partial charge in [0.1, 0.15) is 0 Å². The number of benzene rings is 1. The molecule has 0 bridgehead atoms. The maximum absolute atomic E-state index is 10.5. The molecule has 1 aromatic carbocycles. The quantitative estimate of drug-likeness (QED) is 0.591. The van der Waals surface area contributed by atoms with Gasteiger partial charge < -0.3 is 19.9 Å². The summed E-state index contributed by atoms with van der Waals surface area (Å²) >= 11 is 0. The predicted octanol–water partition coefficient (Wildman–Crippen LogP) is 2.29. The van der Waals surface area contributed by atoms with Crippen LogP contribution in [0.4, 0.5) is 0 Å². The molecule has 0 saturated heterocycles. The van der Waals surface area contributed by atoms with E-state index < -0.39 is 18.0 Å². The zero-order valence-corrected chi connectivity index (χ0v) is 16.4. The molecule has 0 amide bonds. The Labute approximate surface area is 162 Å². The molecule has 2 heterocycles. The van der Waals surface area contributed by atoms with Crippen molar-refractivity contribution in [2.24, 2.45) is 0 Å². The fourth-order valence-corrected chi connectivity index (χ4v) is 3.17. The van der Waals surface area contributed by atoms with E-state index in [9.17, 15) is 5.11 Å². The first-order valence-electron chi connectivity index (χ1n) is 8.81. The summed E-state index contributed by atoms with van der Waals surface area (Å²) in [6.45, 7) is 9.35. The van der Waals surface area contributed by atoms with E-state index in [1.807, 2.05) is 30.7 Å². The number of hydrogen-bond acceptors (Lipinski definition) is 4. The summed E-state index contributed by atoms with van der Waals surface area (Å²) in [5.41, 5.74) is 5.76. The third kappa shape index (κ3) is 4.77. The van der Waals surface area contributed by atoms with Crippen LogP contribution in [0.2, 0.25) is 0 Å². The Bertz CT molecular complexity index is 991. The second-order valence-corrected chi connectivity index (χ2v) is 6.71. The number of para-hydroxylation sites is 1. The minimum atomic E-state index is -1.82. The van der Waals surface area contributed by atoms with Gasteiger partial charge in [-0.2, -0.15) is 5.10 Å². The van der Waals surface area contributed by atoms with Crippen molar-refractivity contribution in [3.8, 4) is 0 Å². The van der Waals surface area contributed by atoms with Crippen LogP contribution >= 0.6 is 0 Å². The molecule has 150 valence electrons. The van der Waals surface area contributed by atoms with Crippen molar-refractivity contribution in [1.82, 2.24) is 14.3 Å². The van der Waals surface area contributed by atoms with Gasteiger partial charge >= 0.3 is 11.9 Å². The molecule has 8 nitrogen and oxygen atoms in total. The van der Waals surface area contributed by atoms with Crippen LogP contribution < -0.4 is 0 Å². The summed E-state index contributed by atoms with van der Waals surface area (Å²) < 4.78 is 4.09. The minimum absolute atomic E-state index is 0.466. The second kappa shape index (κ2) is 8.71. The van der Waals surface area contributed by atoms with E-state index in [0.717, 1.165) is 11.4 Å². The molecule has 3 rings (SSSR count). The first kappa shape index (κ1) is 21.2. The van der Waals surface area contributed by atoms with Gasteiger partial charge in [0.2, 0.25) is 0 Å². The van der Waals surface area contributed by atoms with E-state index in [0.29, 0.717) is 13.1 Å². The van der Waals surface area contributed by atoms with Crippen LogP contribution in [0.5, 0.6) is 0 Å². The average molecular weight is 387 g/mol. The summed E-state index contributed by atoms with van der Waals surface area (Å²) in [5, 5.41) is 31.0. The normalized spacial score (nSPS) is 11.8. The molecule has 28 heavy (non-hydrogen) atoms. The van der Waals surface area contributed by atoms with Crippen molar-refractivity contribution in [3.63, 3.8) is 0 Å². The summed E-state index contributed by atoms with van der Waals surface area (Å²) in [6.07, 6.45) is -0.466. The number of hydrogen-bond donors (Lipinski definition) is 3. The van der Waals surface area contributed by atoms with Gasteiger partial charge in [0.25, 0.3) is 0 Å². The monoisotopic (exact) mass is 387 g/mol. The van der Waals surface area contributed by atoms with Crippen molar-refractivity contribution in [2.75, 3.05) is 0 Å². The molecule has 8 heteroatoms. The van der Waals surface area contributed by atoms with Crippen LogP contribution in [0, 0.1) is 27.7 Å². The van der Waals surface area contributed by atoms with Crippen molar-refractivity contribution in [3.05, 3.63) is 53.0 Å². The van der Waals surface area contributed by atoms with Crippen LogP contribution in [0.25, 0.3) is 10.9 Å². The van der Waals surface area contributed by atoms with Gasteiger partial charge in [0.15, 0.2) is 0 Å². The molecule has 0 aliphatic rings. The van der Waals surface area contributed by atoms with Crippen LogP contribution in [0.15, 0.2) is 30.3 Å². The highest BCUT2D eigenvalue weighted by molar-refractivity contribution is 6.27. The van der Waals surface area contributed by atoms with Crippen molar-refractivity contribution >= 4 is 22.8 Å². The maximum atomic E-state index is 10.5. The first-order chi connectivity index (χ1) is 13.1. The molecule has 1 atom stereocenters. The Hall–Kier alpha value is -3.13. The first-order valence-corrected chi connectivity index (χ1v) is 8.81. The molecular weight excluding hydrogens is 362 g/mol. The Morgan fingerprint density at radius 3 is 2.18 bits per heavy atom. The van der Waals surface area contributed by atoms with Gasteiger partial charge in [-0.15, -0.1) is 0 Å². The topological polar surface area (TPSA) is 118 Å². The van der Waals surface area contributed by atoms with Crippen LogP contribution in [0.3, 0.4) is 0 Å². The lowest BCUT2D eigenvalue weighted by Crippen LogP contribution is -2.24. The maximum Gasteiger partial charge on any atom is 0.414 e. The van der Waals surface area contributed by atoms with E-state index in [4.69, 9.17) is 19.8 Å². The highest BCUT2D eigenvalue weighted by Gasteiger charge is 2.15. The van der Waals surface area contributed by atoms with E-state index in [1.165, 1.54) is 22.2 Å². The number of aliphatic hydroxyl groups excluding tert-OH is 1. The molecule has 3 aromatic rings. The molecule has 0 saturated carbocycles. The Morgan fingerprint density at radius 1 is 1.04 bits per heavy atom. The number of fused-ring (bicyclic) bond motifs is 1. The van der Waals surface area contributed by atoms with Gasteiger partial charge in [-0.1, -0.05) is 18.2 Å². The number of aliphatic carboxylic acids is 2. The number of carbonyl (C=O) groups is 2. The third-order valence-corrected chi connectivity index (χ3v) is 4.61. The number of carboxylic acids is 2. The number of aromatic nitrogens is 3. The molecule has 0 aliphatic heterocycles. The highest BCUT2D eigenvalue weighted by atomic mass is 16.4. The summed E-state index contributed by atoms with van der Waals surface area (Å²) in [7, 11) is 0. The number of nitrogens with zero attached hydrogens (tertiary/aromatic N) is 3. The average Bonchev–Trinajstić information content (AvgIpc) is 3.06. The third-order valence-electron chi connectivity index (χ3n) is 4.61. The molecule has 2 aromatic heterocycles. The number of aryl methyl sites for hydroxylation is 3. The van der Waals surface area contributed by atoms with Gasteiger partial charge in [0.05, 0.1) is 24.9 Å². The van der Waals surface area contributed by atoms with Gasteiger partial charge in [0, 0.05) is 22.3 Å². The lowest BCUT2D eigenvalue weighted by atomic mass is 10.2. The zero-order chi connectivity index (χ0) is 21.0. The number of rotatable bonds is 4. The fraction of sp³-hybridized carbons (Fsp3) is 0.350. The molecule has 0 aliphatic carbocycles. The predicted molar refractivity (Wildman–Crippen MR) is 104 cm³/mol. The lowest BCUT2D eigenvalue weighted by Gasteiger charge is -2.15. The molecule has 0 fully saturated rings. The summed E-state index contributed by atoms with van der Waals surface area (Å²) in [5.74, 6) is -3.65.